The summed E-state index contributed by atoms with van der Waals surface area (Å²) in [4.78, 5) is 11.0. The molecule has 3 heterocycles. The van der Waals surface area contributed by atoms with Crippen LogP contribution >= 0.6 is 11.6 Å². The van der Waals surface area contributed by atoms with Crippen LogP contribution in [0.4, 0.5) is 5.82 Å². The van der Waals surface area contributed by atoms with Crippen molar-refractivity contribution in [3.63, 3.8) is 0 Å². The lowest BCUT2D eigenvalue weighted by molar-refractivity contribution is 0.494. The molecule has 3 aromatic rings. The van der Waals surface area contributed by atoms with E-state index in [-0.39, 0.29) is 0 Å². The highest BCUT2D eigenvalue weighted by atomic mass is 35.5. The summed E-state index contributed by atoms with van der Waals surface area (Å²) in [5, 5.41) is 9.88. The van der Waals surface area contributed by atoms with Gasteiger partial charge in [-0.05, 0) is 24.3 Å². The topological polar surface area (TPSA) is 66.0 Å². The van der Waals surface area contributed by atoms with Crippen LogP contribution in [0.1, 0.15) is 17.0 Å². The third-order valence-corrected chi connectivity index (χ3v) is 4.37. The molecular weight excluding hydrogens is 324 g/mol. The SMILES string of the molecule is N#Cc1cccnc1N1CCc2nc(-c3ccccc3Cl)oc2C1. The number of aromatic nitrogens is 2. The van der Waals surface area contributed by atoms with Crippen LogP contribution in [-0.4, -0.2) is 16.5 Å². The second-order valence-corrected chi connectivity index (χ2v) is 5.93. The van der Waals surface area contributed by atoms with Crippen LogP contribution < -0.4 is 4.90 Å². The fourth-order valence-electron chi connectivity index (χ4n) is 2.86. The van der Waals surface area contributed by atoms with Crippen LogP contribution in [0.3, 0.4) is 0 Å². The van der Waals surface area contributed by atoms with E-state index in [1.807, 2.05) is 29.2 Å². The van der Waals surface area contributed by atoms with E-state index in [9.17, 15) is 5.26 Å². The molecule has 0 spiro atoms. The molecule has 0 amide bonds. The number of anilines is 1. The minimum Gasteiger partial charge on any atom is -0.439 e. The van der Waals surface area contributed by atoms with Crippen molar-refractivity contribution < 1.29 is 4.42 Å². The van der Waals surface area contributed by atoms with Crippen molar-refractivity contribution in [2.45, 2.75) is 13.0 Å². The average molecular weight is 337 g/mol. The molecular formula is C18H13ClN4O. The monoisotopic (exact) mass is 336 g/mol. The lowest BCUT2D eigenvalue weighted by Gasteiger charge is -2.26. The minimum atomic E-state index is 0.536. The lowest BCUT2D eigenvalue weighted by atomic mass is 10.1. The smallest absolute Gasteiger partial charge is 0.228 e. The number of halogens is 1. The number of nitriles is 1. The lowest BCUT2D eigenvalue weighted by Crippen LogP contribution is -2.31. The molecule has 1 aliphatic heterocycles. The first-order chi connectivity index (χ1) is 11.8. The van der Waals surface area contributed by atoms with E-state index in [1.54, 1.807) is 18.3 Å². The van der Waals surface area contributed by atoms with Crippen molar-refractivity contribution in [1.29, 1.82) is 5.26 Å². The Morgan fingerprint density at radius 3 is 2.92 bits per heavy atom. The predicted molar refractivity (Wildman–Crippen MR) is 90.7 cm³/mol. The molecule has 0 aliphatic carbocycles. The second kappa shape index (κ2) is 5.99. The van der Waals surface area contributed by atoms with Gasteiger partial charge in [-0.2, -0.15) is 5.26 Å². The van der Waals surface area contributed by atoms with E-state index in [0.717, 1.165) is 30.0 Å². The maximum Gasteiger partial charge on any atom is 0.228 e. The van der Waals surface area contributed by atoms with Gasteiger partial charge in [-0.3, -0.25) is 0 Å². The zero-order chi connectivity index (χ0) is 16.5. The Hall–Kier alpha value is -2.84. The Morgan fingerprint density at radius 2 is 2.08 bits per heavy atom. The fraction of sp³-hybridized carbons (Fsp3) is 0.167. The molecule has 5 nitrogen and oxygen atoms in total. The molecule has 0 saturated carbocycles. The molecule has 1 aromatic carbocycles. The molecule has 4 rings (SSSR count). The number of hydrogen-bond donors (Lipinski definition) is 0. The van der Waals surface area contributed by atoms with Crippen LogP contribution in [0.25, 0.3) is 11.5 Å². The molecule has 2 aromatic heterocycles. The average Bonchev–Trinajstić information content (AvgIpc) is 3.05. The van der Waals surface area contributed by atoms with Crippen LogP contribution in [0.2, 0.25) is 5.02 Å². The Bertz CT molecular complexity index is 944. The molecule has 0 atom stereocenters. The fourth-order valence-corrected chi connectivity index (χ4v) is 3.08. The summed E-state index contributed by atoms with van der Waals surface area (Å²) in [6.07, 6.45) is 2.44. The largest absolute Gasteiger partial charge is 0.439 e. The highest BCUT2D eigenvalue weighted by molar-refractivity contribution is 6.33. The maximum absolute atomic E-state index is 9.26. The molecule has 24 heavy (non-hydrogen) atoms. The van der Waals surface area contributed by atoms with Gasteiger partial charge in [-0.25, -0.2) is 9.97 Å². The third-order valence-electron chi connectivity index (χ3n) is 4.04. The zero-order valence-corrected chi connectivity index (χ0v) is 13.5. The van der Waals surface area contributed by atoms with E-state index in [0.29, 0.717) is 28.8 Å². The molecule has 6 heteroatoms. The summed E-state index contributed by atoms with van der Waals surface area (Å²) < 4.78 is 5.95. The van der Waals surface area contributed by atoms with Gasteiger partial charge in [0.15, 0.2) is 0 Å². The van der Waals surface area contributed by atoms with Gasteiger partial charge in [-0.15, -0.1) is 0 Å². The third kappa shape index (κ3) is 2.51. The van der Waals surface area contributed by atoms with E-state index >= 15 is 0 Å². The summed E-state index contributed by atoms with van der Waals surface area (Å²) in [6, 6.07) is 13.2. The molecule has 0 fully saturated rings. The number of benzene rings is 1. The minimum absolute atomic E-state index is 0.536. The quantitative estimate of drug-likeness (QED) is 0.711. The summed E-state index contributed by atoms with van der Waals surface area (Å²) >= 11 is 6.23. The van der Waals surface area contributed by atoms with Gasteiger partial charge in [0.1, 0.15) is 17.6 Å². The Labute approximate surface area is 144 Å². The molecule has 0 N–H and O–H groups in total. The van der Waals surface area contributed by atoms with Gasteiger partial charge < -0.3 is 9.32 Å². The van der Waals surface area contributed by atoms with Crippen molar-refractivity contribution in [3.05, 3.63) is 64.6 Å². The standard InChI is InChI=1S/C18H13ClN4O/c19-14-6-2-1-5-13(14)18-22-15-7-9-23(11-16(15)24-18)17-12(10-20)4-3-8-21-17/h1-6,8H,7,9,11H2. The summed E-state index contributed by atoms with van der Waals surface area (Å²) in [6.45, 7) is 1.28. The maximum atomic E-state index is 9.26. The first-order valence-corrected chi connectivity index (χ1v) is 7.97. The molecule has 0 bridgehead atoms. The van der Waals surface area contributed by atoms with Crippen LogP contribution in [0.5, 0.6) is 0 Å². The summed E-state index contributed by atoms with van der Waals surface area (Å²) in [5.74, 6) is 2.01. The van der Waals surface area contributed by atoms with Gasteiger partial charge in [0.25, 0.3) is 0 Å². The molecule has 0 unspecified atom stereocenters. The number of pyridine rings is 1. The van der Waals surface area contributed by atoms with Crippen molar-refractivity contribution in [2.24, 2.45) is 0 Å². The van der Waals surface area contributed by atoms with Crippen LogP contribution in [0, 0.1) is 11.3 Å². The highest BCUT2D eigenvalue weighted by Crippen LogP contribution is 2.32. The zero-order valence-electron chi connectivity index (χ0n) is 12.7. The van der Waals surface area contributed by atoms with Gasteiger partial charge in [-0.1, -0.05) is 23.7 Å². The van der Waals surface area contributed by atoms with Crippen molar-refractivity contribution in [2.75, 3.05) is 11.4 Å². The Morgan fingerprint density at radius 1 is 1.21 bits per heavy atom. The van der Waals surface area contributed by atoms with Crippen LogP contribution in [-0.2, 0) is 13.0 Å². The predicted octanol–water partition coefficient (Wildman–Crippen LogP) is 3.82. The molecule has 0 radical (unpaired) electrons. The summed E-state index contributed by atoms with van der Waals surface area (Å²) in [5.41, 5.74) is 2.29. The van der Waals surface area contributed by atoms with E-state index < -0.39 is 0 Å². The van der Waals surface area contributed by atoms with E-state index in [1.165, 1.54) is 0 Å². The normalized spacial score (nSPS) is 13.4. The Kier molecular flexibility index (Phi) is 3.68. The van der Waals surface area contributed by atoms with Crippen molar-refractivity contribution in [1.82, 2.24) is 9.97 Å². The van der Waals surface area contributed by atoms with Gasteiger partial charge in [0, 0.05) is 19.2 Å². The first kappa shape index (κ1) is 14.7. The highest BCUT2D eigenvalue weighted by Gasteiger charge is 2.25. The number of fused-ring (bicyclic) bond motifs is 1. The first-order valence-electron chi connectivity index (χ1n) is 7.60. The van der Waals surface area contributed by atoms with Crippen molar-refractivity contribution >= 4 is 17.4 Å². The summed E-state index contributed by atoms with van der Waals surface area (Å²) in [7, 11) is 0. The van der Waals surface area contributed by atoms with Crippen molar-refractivity contribution in [3.8, 4) is 17.5 Å². The number of rotatable bonds is 2. The second-order valence-electron chi connectivity index (χ2n) is 5.53. The van der Waals surface area contributed by atoms with E-state index in [2.05, 4.69) is 16.0 Å². The number of oxazole rings is 1. The molecule has 118 valence electrons. The Balaban J connectivity index is 1.67. The molecule has 0 saturated heterocycles. The van der Waals surface area contributed by atoms with Crippen LogP contribution in [0.15, 0.2) is 47.0 Å². The van der Waals surface area contributed by atoms with Gasteiger partial charge >= 0.3 is 0 Å². The van der Waals surface area contributed by atoms with Gasteiger partial charge in [0.2, 0.25) is 5.89 Å². The number of nitrogens with zero attached hydrogens (tertiary/aromatic N) is 4. The molecule has 1 aliphatic rings. The number of hydrogen-bond acceptors (Lipinski definition) is 5. The van der Waals surface area contributed by atoms with Gasteiger partial charge in [0.05, 0.1) is 28.4 Å². The van der Waals surface area contributed by atoms with E-state index in [4.69, 9.17) is 16.0 Å².